The van der Waals surface area contributed by atoms with Gasteiger partial charge in [-0.1, -0.05) is 12.1 Å². The van der Waals surface area contributed by atoms with Crippen LogP contribution in [0.3, 0.4) is 0 Å². The van der Waals surface area contributed by atoms with E-state index in [1.807, 2.05) is 24.4 Å². The number of aryl methyl sites for hydroxylation is 1. The quantitative estimate of drug-likeness (QED) is 0.630. The van der Waals surface area contributed by atoms with E-state index in [0.29, 0.717) is 0 Å². The van der Waals surface area contributed by atoms with Crippen LogP contribution in [0, 0.1) is 0 Å². The van der Waals surface area contributed by atoms with E-state index in [9.17, 15) is 0 Å². The molecule has 4 heteroatoms. The predicted molar refractivity (Wildman–Crippen MR) is 74.0 cm³/mol. The second kappa shape index (κ2) is 5.80. The van der Waals surface area contributed by atoms with E-state index in [1.165, 1.54) is 9.88 Å². The number of hydrogen-bond acceptors (Lipinski definition) is 4. The van der Waals surface area contributed by atoms with Gasteiger partial charge in [-0.15, -0.1) is 11.3 Å². The number of aromatic nitrogens is 1. The number of unbranched alkanes of at least 4 members (excludes halogenated alkanes) is 1. The fraction of sp³-hybridized carbons (Fsp3) is 0.308. The normalized spacial score (nSPS) is 10.6. The number of anilines is 1. The van der Waals surface area contributed by atoms with Crippen molar-refractivity contribution in [2.45, 2.75) is 19.3 Å². The molecule has 0 radical (unpaired) electrons. The van der Waals surface area contributed by atoms with Gasteiger partial charge in [0, 0.05) is 11.9 Å². The first-order valence-electron chi connectivity index (χ1n) is 5.80. The Morgan fingerprint density at radius 3 is 2.88 bits per heavy atom. The lowest BCUT2D eigenvalue weighted by molar-refractivity contribution is 0.741. The molecule has 17 heavy (non-hydrogen) atoms. The van der Waals surface area contributed by atoms with Gasteiger partial charge in [0.05, 0.1) is 9.88 Å². The average Bonchev–Trinajstić information content (AvgIpc) is 2.78. The Hall–Kier alpha value is -1.39. The van der Waals surface area contributed by atoms with Crippen LogP contribution in [0.1, 0.15) is 17.8 Å². The molecule has 0 amide bonds. The Bertz CT molecular complexity index is 479. The number of thiazole rings is 1. The summed E-state index contributed by atoms with van der Waals surface area (Å²) in [5.74, 6) is 0. The number of nitrogens with zero attached hydrogens (tertiary/aromatic N) is 1. The predicted octanol–water partition coefficient (Wildman–Crippen LogP) is 2.67. The van der Waals surface area contributed by atoms with Crippen molar-refractivity contribution in [3.8, 4) is 10.4 Å². The standard InChI is InChI=1S/C13H17N3S/c14-7-2-1-6-13-16-9-12(17-13)10-4-3-5-11(15)8-10/h3-5,8-9H,1-2,6-7,14-15H2. The lowest BCUT2D eigenvalue weighted by Crippen LogP contribution is -1.98. The van der Waals surface area contributed by atoms with Crippen LogP contribution >= 0.6 is 11.3 Å². The van der Waals surface area contributed by atoms with Gasteiger partial charge >= 0.3 is 0 Å². The second-order valence-corrected chi connectivity index (χ2v) is 5.10. The highest BCUT2D eigenvalue weighted by atomic mass is 32.1. The van der Waals surface area contributed by atoms with Crippen molar-refractivity contribution in [1.82, 2.24) is 4.98 Å². The molecule has 0 aliphatic heterocycles. The molecule has 0 aliphatic rings. The zero-order valence-electron chi connectivity index (χ0n) is 9.73. The summed E-state index contributed by atoms with van der Waals surface area (Å²) in [6.45, 7) is 0.757. The largest absolute Gasteiger partial charge is 0.399 e. The smallest absolute Gasteiger partial charge is 0.0931 e. The third kappa shape index (κ3) is 3.28. The van der Waals surface area contributed by atoms with Crippen LogP contribution in [0.25, 0.3) is 10.4 Å². The first kappa shape index (κ1) is 12.1. The summed E-state index contributed by atoms with van der Waals surface area (Å²) >= 11 is 1.74. The van der Waals surface area contributed by atoms with Crippen LogP contribution in [0.2, 0.25) is 0 Å². The van der Waals surface area contributed by atoms with Crippen molar-refractivity contribution in [3.05, 3.63) is 35.5 Å². The molecule has 3 nitrogen and oxygen atoms in total. The molecule has 0 bridgehead atoms. The number of nitrogens with two attached hydrogens (primary N) is 2. The van der Waals surface area contributed by atoms with Crippen molar-refractivity contribution in [2.75, 3.05) is 12.3 Å². The number of nitrogen functional groups attached to an aromatic ring is 1. The maximum Gasteiger partial charge on any atom is 0.0931 e. The Balaban J connectivity index is 2.07. The lowest BCUT2D eigenvalue weighted by Gasteiger charge is -1.97. The topological polar surface area (TPSA) is 64.9 Å². The molecule has 0 unspecified atom stereocenters. The first-order valence-corrected chi connectivity index (χ1v) is 6.62. The Morgan fingerprint density at radius 2 is 2.12 bits per heavy atom. The third-order valence-electron chi connectivity index (χ3n) is 2.57. The average molecular weight is 247 g/mol. The van der Waals surface area contributed by atoms with Crippen molar-refractivity contribution in [1.29, 1.82) is 0 Å². The lowest BCUT2D eigenvalue weighted by atomic mass is 10.2. The Morgan fingerprint density at radius 1 is 1.24 bits per heavy atom. The molecule has 0 fully saturated rings. The fourth-order valence-corrected chi connectivity index (χ4v) is 2.63. The molecule has 4 N–H and O–H groups in total. The van der Waals surface area contributed by atoms with Crippen molar-refractivity contribution in [3.63, 3.8) is 0 Å². The van der Waals surface area contributed by atoms with Gasteiger partial charge in [-0.3, -0.25) is 0 Å². The summed E-state index contributed by atoms with van der Waals surface area (Å²) in [5, 5.41) is 1.18. The summed E-state index contributed by atoms with van der Waals surface area (Å²) in [5.41, 5.74) is 13.2. The van der Waals surface area contributed by atoms with Crippen LogP contribution in [-0.4, -0.2) is 11.5 Å². The highest BCUT2D eigenvalue weighted by Crippen LogP contribution is 2.27. The molecule has 0 atom stereocenters. The van der Waals surface area contributed by atoms with Gasteiger partial charge < -0.3 is 11.5 Å². The highest BCUT2D eigenvalue weighted by molar-refractivity contribution is 7.15. The summed E-state index contributed by atoms with van der Waals surface area (Å²) < 4.78 is 0. The minimum absolute atomic E-state index is 0.757. The summed E-state index contributed by atoms with van der Waals surface area (Å²) in [4.78, 5) is 5.61. The van der Waals surface area contributed by atoms with Gasteiger partial charge in [-0.2, -0.15) is 0 Å². The minimum atomic E-state index is 0.757. The van der Waals surface area contributed by atoms with Crippen LogP contribution in [0.4, 0.5) is 5.69 Å². The van der Waals surface area contributed by atoms with Crippen LogP contribution in [0.15, 0.2) is 30.5 Å². The zero-order valence-corrected chi connectivity index (χ0v) is 10.5. The molecule has 1 aromatic heterocycles. The monoisotopic (exact) mass is 247 g/mol. The summed E-state index contributed by atoms with van der Waals surface area (Å²) in [7, 11) is 0. The SMILES string of the molecule is NCCCCc1ncc(-c2cccc(N)c2)s1. The van der Waals surface area contributed by atoms with E-state index in [1.54, 1.807) is 11.3 Å². The van der Waals surface area contributed by atoms with E-state index >= 15 is 0 Å². The van der Waals surface area contributed by atoms with Crippen LogP contribution in [-0.2, 0) is 6.42 Å². The molecule has 2 aromatic rings. The fourth-order valence-electron chi connectivity index (χ4n) is 1.67. The summed E-state index contributed by atoms with van der Waals surface area (Å²) in [6.07, 6.45) is 5.12. The minimum Gasteiger partial charge on any atom is -0.399 e. The molecule has 2 rings (SSSR count). The number of hydrogen-bond donors (Lipinski definition) is 2. The molecule has 1 heterocycles. The van der Waals surface area contributed by atoms with Gasteiger partial charge in [0.1, 0.15) is 0 Å². The second-order valence-electron chi connectivity index (χ2n) is 3.99. The Labute approximate surface area is 105 Å². The first-order chi connectivity index (χ1) is 8.29. The maximum atomic E-state index is 5.77. The summed E-state index contributed by atoms with van der Waals surface area (Å²) in [6, 6.07) is 7.91. The van der Waals surface area contributed by atoms with Gasteiger partial charge in [-0.05, 0) is 43.5 Å². The van der Waals surface area contributed by atoms with Crippen LogP contribution < -0.4 is 11.5 Å². The Kier molecular flexibility index (Phi) is 4.12. The number of benzene rings is 1. The van der Waals surface area contributed by atoms with Crippen molar-refractivity contribution < 1.29 is 0 Å². The van der Waals surface area contributed by atoms with E-state index in [0.717, 1.165) is 37.1 Å². The molecular formula is C13H17N3S. The molecule has 0 saturated carbocycles. The molecule has 90 valence electrons. The van der Waals surface area contributed by atoms with Gasteiger partial charge in [-0.25, -0.2) is 4.98 Å². The van der Waals surface area contributed by atoms with Crippen molar-refractivity contribution >= 4 is 17.0 Å². The van der Waals surface area contributed by atoms with E-state index < -0.39 is 0 Å². The van der Waals surface area contributed by atoms with Crippen LogP contribution in [0.5, 0.6) is 0 Å². The molecule has 0 spiro atoms. The molecule has 0 saturated heterocycles. The van der Waals surface area contributed by atoms with Gasteiger partial charge in [0.2, 0.25) is 0 Å². The van der Waals surface area contributed by atoms with Crippen molar-refractivity contribution in [2.24, 2.45) is 5.73 Å². The third-order valence-corrected chi connectivity index (χ3v) is 3.68. The van der Waals surface area contributed by atoms with E-state index in [-0.39, 0.29) is 0 Å². The highest BCUT2D eigenvalue weighted by Gasteiger charge is 2.04. The van der Waals surface area contributed by atoms with Gasteiger partial charge in [0.15, 0.2) is 0 Å². The molecule has 1 aromatic carbocycles. The number of rotatable bonds is 5. The van der Waals surface area contributed by atoms with Gasteiger partial charge in [0.25, 0.3) is 0 Å². The molecule has 0 aliphatic carbocycles. The zero-order chi connectivity index (χ0) is 12.1. The molecular weight excluding hydrogens is 230 g/mol. The van der Waals surface area contributed by atoms with E-state index in [4.69, 9.17) is 11.5 Å². The maximum absolute atomic E-state index is 5.77. The van der Waals surface area contributed by atoms with E-state index in [2.05, 4.69) is 11.1 Å².